The first kappa shape index (κ1) is 16.3. The maximum Gasteiger partial charge on any atom is 0.263 e. The Labute approximate surface area is 140 Å². The Hall–Kier alpha value is -1.05. The molecule has 0 aliphatic carbocycles. The minimum atomic E-state index is -3.67. The van der Waals surface area contributed by atoms with Crippen molar-refractivity contribution in [3.8, 4) is 5.75 Å². The van der Waals surface area contributed by atoms with E-state index in [9.17, 15) is 8.42 Å². The van der Waals surface area contributed by atoms with Crippen LogP contribution >= 0.6 is 31.9 Å². The summed E-state index contributed by atoms with van der Waals surface area (Å²) < 4.78 is 34.0. The van der Waals surface area contributed by atoms with Gasteiger partial charge in [0.2, 0.25) is 0 Å². The first-order chi connectivity index (χ1) is 9.92. The summed E-state index contributed by atoms with van der Waals surface area (Å²) in [4.78, 5) is 0.174. The molecule has 0 saturated heterocycles. The van der Waals surface area contributed by atoms with E-state index in [-0.39, 0.29) is 4.90 Å². The molecule has 0 amide bonds. The first-order valence-electron chi connectivity index (χ1n) is 6.13. The summed E-state index contributed by atoms with van der Waals surface area (Å²) in [6.07, 6.45) is 0. The average molecular weight is 435 g/mol. The Kier molecular flexibility index (Phi) is 5.29. The second-order valence-electron chi connectivity index (χ2n) is 4.14. The van der Waals surface area contributed by atoms with Gasteiger partial charge in [0.15, 0.2) is 0 Å². The fraction of sp³-hybridized carbons (Fsp3) is 0.143. The summed E-state index contributed by atoms with van der Waals surface area (Å²) in [6, 6.07) is 11.7. The highest BCUT2D eigenvalue weighted by atomic mass is 79.9. The topological polar surface area (TPSA) is 55.4 Å². The number of nitrogens with one attached hydrogen (secondary N) is 1. The lowest BCUT2D eigenvalue weighted by Crippen LogP contribution is -2.13. The zero-order valence-electron chi connectivity index (χ0n) is 11.1. The minimum absolute atomic E-state index is 0.174. The van der Waals surface area contributed by atoms with Crippen molar-refractivity contribution < 1.29 is 13.2 Å². The molecular formula is C14H13Br2NO3S. The Balaban J connectivity index is 2.31. The van der Waals surface area contributed by atoms with Crippen LogP contribution in [0.25, 0.3) is 0 Å². The van der Waals surface area contributed by atoms with E-state index in [0.29, 0.717) is 22.5 Å². The molecule has 2 rings (SSSR count). The molecule has 0 aromatic heterocycles. The van der Waals surface area contributed by atoms with Gasteiger partial charge < -0.3 is 4.74 Å². The number of hydrogen-bond acceptors (Lipinski definition) is 3. The third-order valence-electron chi connectivity index (χ3n) is 2.58. The SMILES string of the molecule is CCOc1cccc(NS(=O)(=O)c2ccc(Br)cc2Br)c1. The number of hydrogen-bond donors (Lipinski definition) is 1. The quantitative estimate of drug-likeness (QED) is 0.758. The van der Waals surface area contributed by atoms with Crippen molar-refractivity contribution in [3.63, 3.8) is 0 Å². The molecule has 21 heavy (non-hydrogen) atoms. The molecule has 0 aliphatic heterocycles. The van der Waals surface area contributed by atoms with Crippen molar-refractivity contribution in [3.05, 3.63) is 51.4 Å². The van der Waals surface area contributed by atoms with Gasteiger partial charge in [-0.1, -0.05) is 22.0 Å². The zero-order chi connectivity index (χ0) is 15.5. The van der Waals surface area contributed by atoms with Crippen LogP contribution in [0.1, 0.15) is 6.92 Å². The van der Waals surface area contributed by atoms with Crippen molar-refractivity contribution >= 4 is 47.6 Å². The van der Waals surface area contributed by atoms with Gasteiger partial charge in [0.25, 0.3) is 10.0 Å². The van der Waals surface area contributed by atoms with Gasteiger partial charge in [-0.15, -0.1) is 0 Å². The Morgan fingerprint density at radius 2 is 1.90 bits per heavy atom. The van der Waals surface area contributed by atoms with Crippen LogP contribution < -0.4 is 9.46 Å². The number of halogens is 2. The molecule has 0 atom stereocenters. The van der Waals surface area contributed by atoms with Gasteiger partial charge in [-0.25, -0.2) is 8.42 Å². The molecule has 0 fully saturated rings. The van der Waals surface area contributed by atoms with E-state index in [1.54, 1.807) is 36.4 Å². The summed E-state index contributed by atoms with van der Waals surface area (Å²) in [5.41, 5.74) is 0.454. The number of sulfonamides is 1. The predicted molar refractivity (Wildman–Crippen MR) is 90.3 cm³/mol. The molecule has 1 N–H and O–H groups in total. The van der Waals surface area contributed by atoms with Gasteiger partial charge in [-0.05, 0) is 53.2 Å². The van der Waals surface area contributed by atoms with E-state index in [0.717, 1.165) is 4.47 Å². The van der Waals surface area contributed by atoms with E-state index in [2.05, 4.69) is 36.6 Å². The maximum atomic E-state index is 12.4. The van der Waals surface area contributed by atoms with E-state index < -0.39 is 10.0 Å². The van der Waals surface area contributed by atoms with Crippen molar-refractivity contribution in [2.45, 2.75) is 11.8 Å². The smallest absolute Gasteiger partial charge is 0.263 e. The molecule has 0 unspecified atom stereocenters. The van der Waals surface area contributed by atoms with Crippen LogP contribution in [0.2, 0.25) is 0 Å². The summed E-state index contributed by atoms with van der Waals surface area (Å²) in [5, 5.41) is 0. The van der Waals surface area contributed by atoms with Crippen molar-refractivity contribution in [2.24, 2.45) is 0 Å². The lowest BCUT2D eigenvalue weighted by molar-refractivity contribution is 0.340. The normalized spacial score (nSPS) is 11.2. The lowest BCUT2D eigenvalue weighted by atomic mass is 10.3. The van der Waals surface area contributed by atoms with E-state index in [1.807, 2.05) is 6.92 Å². The zero-order valence-corrected chi connectivity index (χ0v) is 15.1. The van der Waals surface area contributed by atoms with Crippen LogP contribution in [0, 0.1) is 0 Å². The first-order valence-corrected chi connectivity index (χ1v) is 9.20. The number of rotatable bonds is 5. The van der Waals surface area contributed by atoms with E-state index >= 15 is 0 Å². The molecular weight excluding hydrogens is 422 g/mol. The van der Waals surface area contributed by atoms with Crippen LogP contribution in [-0.4, -0.2) is 15.0 Å². The molecule has 7 heteroatoms. The van der Waals surface area contributed by atoms with Gasteiger partial charge in [0.05, 0.1) is 12.3 Å². The van der Waals surface area contributed by atoms with Crippen molar-refractivity contribution in [2.75, 3.05) is 11.3 Å². The van der Waals surface area contributed by atoms with Gasteiger partial charge in [-0.3, -0.25) is 4.72 Å². The number of anilines is 1. The lowest BCUT2D eigenvalue weighted by Gasteiger charge is -2.11. The molecule has 0 spiro atoms. The second-order valence-corrected chi connectivity index (χ2v) is 7.56. The van der Waals surface area contributed by atoms with Crippen LogP contribution in [0.4, 0.5) is 5.69 Å². The van der Waals surface area contributed by atoms with E-state index in [4.69, 9.17) is 4.74 Å². The van der Waals surface area contributed by atoms with Crippen molar-refractivity contribution in [1.82, 2.24) is 0 Å². The third-order valence-corrected chi connectivity index (χ3v) is 5.43. The van der Waals surface area contributed by atoms with Crippen LogP contribution in [0.15, 0.2) is 56.3 Å². The average Bonchev–Trinajstić information content (AvgIpc) is 2.38. The van der Waals surface area contributed by atoms with Gasteiger partial charge >= 0.3 is 0 Å². The van der Waals surface area contributed by atoms with Crippen LogP contribution in [-0.2, 0) is 10.0 Å². The van der Waals surface area contributed by atoms with Gasteiger partial charge in [0, 0.05) is 15.0 Å². The number of benzene rings is 2. The number of ether oxygens (including phenoxy) is 1. The molecule has 2 aromatic carbocycles. The monoisotopic (exact) mass is 433 g/mol. The molecule has 0 radical (unpaired) electrons. The third kappa shape index (κ3) is 4.21. The van der Waals surface area contributed by atoms with Crippen LogP contribution in [0.3, 0.4) is 0 Å². The summed E-state index contributed by atoms with van der Waals surface area (Å²) in [7, 11) is -3.67. The molecule has 0 aliphatic rings. The Morgan fingerprint density at radius 1 is 1.14 bits per heavy atom. The summed E-state index contributed by atoms with van der Waals surface area (Å²) in [5.74, 6) is 0.618. The maximum absolute atomic E-state index is 12.4. The van der Waals surface area contributed by atoms with Crippen molar-refractivity contribution in [1.29, 1.82) is 0 Å². The molecule has 4 nitrogen and oxygen atoms in total. The fourth-order valence-corrected chi connectivity index (χ4v) is 4.52. The predicted octanol–water partition coefficient (Wildman–Crippen LogP) is 4.41. The summed E-state index contributed by atoms with van der Waals surface area (Å²) >= 11 is 6.56. The highest BCUT2D eigenvalue weighted by Gasteiger charge is 2.18. The van der Waals surface area contributed by atoms with Gasteiger partial charge in [-0.2, -0.15) is 0 Å². The molecule has 2 aromatic rings. The molecule has 0 heterocycles. The standard InChI is InChI=1S/C14H13Br2NO3S/c1-2-20-12-5-3-4-11(9-12)17-21(18,19)14-7-6-10(15)8-13(14)16/h3-9,17H,2H2,1H3. The highest BCUT2D eigenvalue weighted by molar-refractivity contribution is 9.11. The Morgan fingerprint density at radius 3 is 2.57 bits per heavy atom. The second kappa shape index (κ2) is 6.81. The molecule has 0 saturated carbocycles. The fourth-order valence-electron chi connectivity index (χ4n) is 1.72. The minimum Gasteiger partial charge on any atom is -0.494 e. The highest BCUT2D eigenvalue weighted by Crippen LogP contribution is 2.28. The molecule has 0 bridgehead atoms. The Bertz CT molecular complexity index is 748. The molecule has 112 valence electrons. The van der Waals surface area contributed by atoms with Crippen LogP contribution in [0.5, 0.6) is 5.75 Å². The largest absolute Gasteiger partial charge is 0.494 e. The summed E-state index contributed by atoms with van der Waals surface area (Å²) in [6.45, 7) is 2.39. The van der Waals surface area contributed by atoms with Gasteiger partial charge in [0.1, 0.15) is 10.6 Å². The van der Waals surface area contributed by atoms with E-state index in [1.165, 1.54) is 6.07 Å².